The van der Waals surface area contributed by atoms with Crippen LogP contribution in [0.2, 0.25) is 0 Å². The van der Waals surface area contributed by atoms with Crippen LogP contribution in [0.4, 0.5) is 0 Å². The first kappa shape index (κ1) is 22.3. The van der Waals surface area contributed by atoms with Gasteiger partial charge in [-0.25, -0.2) is 0 Å². The van der Waals surface area contributed by atoms with Crippen molar-refractivity contribution in [2.45, 2.75) is 19.8 Å². The summed E-state index contributed by atoms with van der Waals surface area (Å²) in [6.45, 7) is 6.09. The molecule has 1 fully saturated rings. The van der Waals surface area contributed by atoms with Crippen LogP contribution in [0.1, 0.15) is 25.3 Å². The Hall–Kier alpha value is -3.34. The maximum absolute atomic E-state index is 10.1. The third kappa shape index (κ3) is 3.76. The van der Waals surface area contributed by atoms with E-state index in [1.54, 1.807) is 13.2 Å². The van der Waals surface area contributed by atoms with Crippen LogP contribution in [-0.4, -0.2) is 39.6 Å². The predicted octanol–water partition coefficient (Wildman–Crippen LogP) is 2.09. The summed E-state index contributed by atoms with van der Waals surface area (Å²) in [4.78, 5) is 1.23. The molecule has 7 heteroatoms. The average Bonchev–Trinajstić information content (AvgIpc) is 2.77. The highest BCUT2D eigenvalue weighted by Gasteiger charge is 2.58. The smallest absolute Gasteiger partial charge is 0.189 e. The lowest BCUT2D eigenvalue weighted by Crippen LogP contribution is -3.10. The van der Waals surface area contributed by atoms with Crippen LogP contribution in [0.3, 0.4) is 0 Å². The van der Waals surface area contributed by atoms with Crippen molar-refractivity contribution in [1.82, 2.24) is 0 Å². The monoisotopic (exact) mass is 418 g/mol. The highest BCUT2D eigenvalue weighted by atomic mass is 16.5. The summed E-state index contributed by atoms with van der Waals surface area (Å²) < 4.78 is 11.4. The highest BCUT2D eigenvalue weighted by Crippen LogP contribution is 2.53. The third-order valence-electron chi connectivity index (χ3n) is 6.20. The van der Waals surface area contributed by atoms with Crippen LogP contribution < -0.4 is 14.4 Å². The quantitative estimate of drug-likeness (QED) is 0.710. The molecule has 1 aliphatic heterocycles. The Morgan fingerprint density at radius 2 is 1.94 bits per heavy atom. The van der Waals surface area contributed by atoms with Gasteiger partial charge in [0.1, 0.15) is 5.92 Å². The van der Waals surface area contributed by atoms with Crippen LogP contribution in [0, 0.1) is 62.6 Å². The van der Waals surface area contributed by atoms with Gasteiger partial charge in [-0.3, -0.25) is 0 Å². The highest BCUT2D eigenvalue weighted by molar-refractivity contribution is 6.00. The average molecular weight is 419 g/mol. The zero-order valence-electron chi connectivity index (χ0n) is 18.4. The normalized spacial score (nSPS) is 26.6. The molecule has 160 valence electrons. The lowest BCUT2D eigenvalue weighted by atomic mass is 9.54. The summed E-state index contributed by atoms with van der Waals surface area (Å²) in [6, 6.07) is 11.9. The fourth-order valence-electron chi connectivity index (χ4n) is 4.69. The van der Waals surface area contributed by atoms with Gasteiger partial charge >= 0.3 is 0 Å². The van der Waals surface area contributed by atoms with E-state index in [0.29, 0.717) is 30.6 Å². The van der Waals surface area contributed by atoms with Gasteiger partial charge in [-0.15, -0.1) is 0 Å². The maximum atomic E-state index is 10.1. The lowest BCUT2D eigenvalue weighted by Gasteiger charge is -2.46. The summed E-state index contributed by atoms with van der Waals surface area (Å²) in [5.41, 5.74) is -0.260. The van der Waals surface area contributed by atoms with Crippen molar-refractivity contribution in [3.05, 3.63) is 35.4 Å². The largest absolute Gasteiger partial charge is 0.493 e. The fraction of sp³-hybridized carbons (Fsp3) is 0.500. The fourth-order valence-corrected chi connectivity index (χ4v) is 4.69. The lowest BCUT2D eigenvalue weighted by molar-refractivity contribution is -0.878. The first-order valence-corrected chi connectivity index (χ1v) is 10.5. The maximum Gasteiger partial charge on any atom is 0.189 e. The number of ether oxygens (including phenoxy) is 2. The van der Waals surface area contributed by atoms with Crippen LogP contribution in [0.15, 0.2) is 29.8 Å². The Labute approximate surface area is 183 Å². The van der Waals surface area contributed by atoms with Crippen molar-refractivity contribution in [1.29, 1.82) is 21.2 Å². The topological polar surface area (TPSA) is 118 Å². The molecule has 2 aliphatic rings. The van der Waals surface area contributed by atoms with Crippen LogP contribution in [0.5, 0.6) is 11.5 Å². The second kappa shape index (κ2) is 8.80. The Kier molecular flexibility index (Phi) is 6.34. The first-order valence-electron chi connectivity index (χ1n) is 10.5. The Bertz CT molecular complexity index is 1010. The number of likely N-dealkylation sites (N-methyl/N-ethyl adjacent to an activating group) is 1. The predicted molar refractivity (Wildman–Crippen MR) is 115 cm³/mol. The summed E-state index contributed by atoms with van der Waals surface area (Å²) >= 11 is 0. The van der Waals surface area contributed by atoms with Gasteiger partial charge in [0.05, 0.1) is 57.8 Å². The van der Waals surface area contributed by atoms with Crippen molar-refractivity contribution in [3.63, 3.8) is 0 Å². The molecule has 0 aromatic heterocycles. The van der Waals surface area contributed by atoms with E-state index in [-0.39, 0.29) is 11.6 Å². The Morgan fingerprint density at radius 3 is 2.52 bits per heavy atom. The van der Waals surface area contributed by atoms with Crippen LogP contribution in [0.25, 0.3) is 0 Å². The number of nitriles is 3. The zero-order valence-corrected chi connectivity index (χ0v) is 18.4. The Balaban J connectivity index is 2.16. The van der Waals surface area contributed by atoms with Gasteiger partial charge in [-0.2, -0.15) is 15.8 Å². The summed E-state index contributed by atoms with van der Waals surface area (Å²) in [6.07, 6.45) is 2.01. The molecule has 1 saturated carbocycles. The van der Waals surface area contributed by atoms with E-state index in [9.17, 15) is 15.8 Å². The molecule has 1 aromatic rings. The second-order valence-corrected chi connectivity index (χ2v) is 8.78. The van der Waals surface area contributed by atoms with Crippen molar-refractivity contribution in [3.8, 4) is 29.7 Å². The minimum Gasteiger partial charge on any atom is -0.493 e. The van der Waals surface area contributed by atoms with Crippen molar-refractivity contribution >= 4 is 5.71 Å². The van der Waals surface area contributed by atoms with Crippen LogP contribution in [-0.2, 0) is 0 Å². The molecule has 0 bridgehead atoms. The minimum atomic E-state index is -1.72. The Morgan fingerprint density at radius 1 is 1.23 bits per heavy atom. The van der Waals surface area contributed by atoms with Gasteiger partial charge in [-0.1, -0.05) is 19.9 Å². The van der Waals surface area contributed by atoms with E-state index in [1.165, 1.54) is 4.90 Å². The van der Waals surface area contributed by atoms with Gasteiger partial charge in [0.25, 0.3) is 0 Å². The number of nitrogens with one attached hydrogen (secondary N) is 2. The number of hydrogen-bond acceptors (Lipinski definition) is 6. The van der Waals surface area contributed by atoms with Gasteiger partial charge in [0, 0.05) is 11.8 Å². The van der Waals surface area contributed by atoms with E-state index in [4.69, 9.17) is 14.9 Å². The summed E-state index contributed by atoms with van der Waals surface area (Å²) in [5, 5.41) is 38.7. The standard InChI is InChI=1S/C24H27N5O2/c1-15(2)12-31-20-6-5-16(9-21(20)30-4)22-19-11-29(3)8-7-17(19)18(10-25)23(28)24(22,13-26)14-27/h5-7,9,15,18-19,22,28H,8,11-12H2,1-4H3/p+1/t18-,19-,22-/m1/s1. The molecular weight excluding hydrogens is 390 g/mol. The van der Waals surface area contributed by atoms with E-state index in [2.05, 4.69) is 39.1 Å². The number of rotatable bonds is 5. The second-order valence-electron chi connectivity index (χ2n) is 8.78. The molecule has 4 atom stereocenters. The molecule has 1 heterocycles. The van der Waals surface area contributed by atoms with Crippen molar-refractivity contribution in [2.24, 2.45) is 23.2 Å². The number of fused-ring (bicyclic) bond motifs is 1. The molecule has 0 spiro atoms. The molecule has 0 radical (unpaired) electrons. The van der Waals surface area contributed by atoms with E-state index < -0.39 is 17.3 Å². The van der Waals surface area contributed by atoms with E-state index in [0.717, 1.165) is 17.7 Å². The van der Waals surface area contributed by atoms with Crippen molar-refractivity contribution in [2.75, 3.05) is 33.9 Å². The van der Waals surface area contributed by atoms with Crippen LogP contribution >= 0.6 is 0 Å². The number of hydrogen-bond donors (Lipinski definition) is 2. The zero-order chi connectivity index (χ0) is 22.8. The van der Waals surface area contributed by atoms with Gasteiger partial charge in [0.15, 0.2) is 16.9 Å². The summed E-state index contributed by atoms with van der Waals surface area (Å²) in [7, 11) is 3.61. The van der Waals surface area contributed by atoms with Gasteiger partial charge in [-0.05, 0) is 35.3 Å². The molecule has 0 amide bonds. The molecule has 0 saturated heterocycles. The molecule has 2 N–H and O–H groups in total. The molecule has 1 unspecified atom stereocenters. The number of quaternary nitrogens is 1. The first-order chi connectivity index (χ1) is 14.8. The van der Waals surface area contributed by atoms with Crippen molar-refractivity contribution < 1.29 is 14.4 Å². The summed E-state index contributed by atoms with van der Waals surface area (Å²) in [5.74, 6) is -0.136. The van der Waals surface area contributed by atoms with Gasteiger partial charge < -0.3 is 19.8 Å². The molecule has 1 aromatic carbocycles. The number of benzene rings is 1. The van der Waals surface area contributed by atoms with Gasteiger partial charge in [0.2, 0.25) is 0 Å². The number of nitrogens with zero attached hydrogens (tertiary/aromatic N) is 3. The molecular formula is C24H28N5O2+. The molecule has 1 aliphatic carbocycles. The third-order valence-corrected chi connectivity index (χ3v) is 6.20. The SMILES string of the molecule is COc1cc([C@@H]2[C@@H]3C[NH+](C)CC=C3[C@@H](C#N)C(=N)C2(C#N)C#N)ccc1OCC(C)C. The van der Waals surface area contributed by atoms with E-state index >= 15 is 0 Å². The minimum absolute atomic E-state index is 0.133. The molecule has 3 rings (SSSR count). The number of methoxy groups -OCH3 is 1. The van der Waals surface area contributed by atoms with E-state index in [1.807, 2.05) is 18.2 Å². The molecule has 7 nitrogen and oxygen atoms in total. The molecule has 31 heavy (non-hydrogen) atoms.